The van der Waals surface area contributed by atoms with Gasteiger partial charge in [-0.2, -0.15) is 0 Å². The minimum atomic E-state index is 1.03. The Balaban J connectivity index is 2.09. The van der Waals surface area contributed by atoms with Crippen molar-refractivity contribution < 1.29 is 0 Å². The largest absolute Gasteiger partial charge is 0.317 e. The second-order valence-corrected chi connectivity index (χ2v) is 3.92. The Labute approximate surface area is 95.6 Å². The highest BCUT2D eigenvalue weighted by Gasteiger charge is 2.12. The van der Waals surface area contributed by atoms with Crippen molar-refractivity contribution in [3.8, 4) is 0 Å². The molecule has 0 unspecified atom stereocenters. The Morgan fingerprint density at radius 3 is 2.44 bits per heavy atom. The average Bonchev–Trinajstić information content (AvgIpc) is 2.39. The van der Waals surface area contributed by atoms with E-state index in [2.05, 4.69) is 65.7 Å². The number of hydrogen-bond acceptors (Lipinski definition) is 1. The molecule has 1 aliphatic rings. The van der Waals surface area contributed by atoms with Crippen LogP contribution in [-0.4, -0.2) is 0 Å². The minimum absolute atomic E-state index is 1.03. The number of para-hydroxylation sites is 2. The monoisotopic (exact) mass is 207 g/mol. The van der Waals surface area contributed by atoms with E-state index < -0.39 is 0 Å². The van der Waals surface area contributed by atoms with Gasteiger partial charge < -0.3 is 4.90 Å². The van der Waals surface area contributed by atoms with Crippen LogP contribution in [0.1, 0.15) is 5.56 Å². The zero-order chi connectivity index (χ0) is 10.8. The molecule has 1 heteroatoms. The van der Waals surface area contributed by atoms with Gasteiger partial charge in [0.2, 0.25) is 0 Å². The highest BCUT2D eigenvalue weighted by atomic mass is 15.1. The number of nitrogens with zero attached hydrogens (tertiary/aromatic N) is 1. The van der Waals surface area contributed by atoms with E-state index >= 15 is 0 Å². The number of hydrogen-bond donors (Lipinski definition) is 0. The van der Waals surface area contributed by atoms with Crippen molar-refractivity contribution in [1.29, 1.82) is 0 Å². The van der Waals surface area contributed by atoms with Crippen LogP contribution in [0.2, 0.25) is 0 Å². The molecule has 3 rings (SSSR count). The first-order valence-electron chi connectivity index (χ1n) is 5.54. The number of allylic oxidation sites excluding steroid dienone is 1. The first-order chi connectivity index (χ1) is 7.95. The van der Waals surface area contributed by atoms with E-state index in [4.69, 9.17) is 0 Å². The van der Waals surface area contributed by atoms with E-state index in [0.29, 0.717) is 0 Å². The topological polar surface area (TPSA) is 3.24 Å². The SMILES string of the molecule is C1=CN(c2ccccc2)c2ccccc2C1. The molecule has 0 amide bonds. The normalized spacial score (nSPS) is 13.6. The van der Waals surface area contributed by atoms with Crippen LogP contribution in [-0.2, 0) is 6.42 Å². The summed E-state index contributed by atoms with van der Waals surface area (Å²) in [6, 6.07) is 19.0. The Morgan fingerprint density at radius 2 is 1.56 bits per heavy atom. The summed E-state index contributed by atoms with van der Waals surface area (Å²) >= 11 is 0. The van der Waals surface area contributed by atoms with Crippen LogP contribution in [0.15, 0.2) is 66.9 Å². The second-order valence-electron chi connectivity index (χ2n) is 3.92. The summed E-state index contributed by atoms with van der Waals surface area (Å²) in [4.78, 5) is 2.23. The summed E-state index contributed by atoms with van der Waals surface area (Å²) in [6.07, 6.45) is 5.38. The van der Waals surface area contributed by atoms with E-state index in [1.54, 1.807) is 0 Å². The molecule has 0 aromatic heterocycles. The molecule has 0 N–H and O–H groups in total. The number of rotatable bonds is 1. The Kier molecular flexibility index (Phi) is 2.22. The molecule has 1 heterocycles. The van der Waals surface area contributed by atoms with Gasteiger partial charge in [-0.3, -0.25) is 0 Å². The highest BCUT2D eigenvalue weighted by molar-refractivity contribution is 5.70. The molecule has 0 aliphatic carbocycles. The van der Waals surface area contributed by atoms with Crippen molar-refractivity contribution in [2.75, 3.05) is 4.90 Å². The lowest BCUT2D eigenvalue weighted by Crippen LogP contribution is -2.13. The predicted octanol–water partition coefficient (Wildman–Crippen LogP) is 3.89. The van der Waals surface area contributed by atoms with E-state index in [-0.39, 0.29) is 0 Å². The molecule has 2 aromatic rings. The van der Waals surface area contributed by atoms with Gasteiger partial charge in [0.1, 0.15) is 0 Å². The van der Waals surface area contributed by atoms with Gasteiger partial charge in [-0.15, -0.1) is 0 Å². The molecule has 1 nitrogen and oxygen atoms in total. The number of benzene rings is 2. The quantitative estimate of drug-likeness (QED) is 0.685. The van der Waals surface area contributed by atoms with E-state index in [1.807, 2.05) is 6.07 Å². The van der Waals surface area contributed by atoms with Crippen molar-refractivity contribution >= 4 is 11.4 Å². The fraction of sp³-hybridized carbons (Fsp3) is 0.0667. The second kappa shape index (κ2) is 3.86. The van der Waals surface area contributed by atoms with Crippen LogP contribution in [0, 0.1) is 0 Å². The fourth-order valence-corrected chi connectivity index (χ4v) is 2.10. The summed E-state index contributed by atoms with van der Waals surface area (Å²) in [5.41, 5.74) is 3.89. The lowest BCUT2D eigenvalue weighted by molar-refractivity contribution is 1.13. The molecule has 2 aromatic carbocycles. The Hall–Kier alpha value is -2.02. The lowest BCUT2D eigenvalue weighted by Gasteiger charge is -2.26. The van der Waals surface area contributed by atoms with Gasteiger partial charge in [-0.1, -0.05) is 42.5 Å². The molecule has 0 fully saturated rings. The molecule has 0 atom stereocenters. The molecular formula is C15H13N. The van der Waals surface area contributed by atoms with Crippen LogP contribution in [0.4, 0.5) is 11.4 Å². The van der Waals surface area contributed by atoms with Crippen molar-refractivity contribution in [1.82, 2.24) is 0 Å². The van der Waals surface area contributed by atoms with Crippen molar-refractivity contribution in [2.45, 2.75) is 6.42 Å². The smallest absolute Gasteiger partial charge is 0.0490 e. The maximum Gasteiger partial charge on any atom is 0.0490 e. The molecule has 0 spiro atoms. The van der Waals surface area contributed by atoms with Gasteiger partial charge in [-0.05, 0) is 30.2 Å². The van der Waals surface area contributed by atoms with Crippen LogP contribution < -0.4 is 4.90 Å². The maximum absolute atomic E-state index is 2.23. The van der Waals surface area contributed by atoms with Gasteiger partial charge in [0.05, 0.1) is 0 Å². The van der Waals surface area contributed by atoms with E-state index in [1.165, 1.54) is 16.9 Å². The van der Waals surface area contributed by atoms with E-state index in [9.17, 15) is 0 Å². The molecular weight excluding hydrogens is 194 g/mol. The first-order valence-corrected chi connectivity index (χ1v) is 5.54. The van der Waals surface area contributed by atoms with Crippen LogP contribution in [0.25, 0.3) is 0 Å². The van der Waals surface area contributed by atoms with Gasteiger partial charge >= 0.3 is 0 Å². The van der Waals surface area contributed by atoms with Crippen LogP contribution >= 0.6 is 0 Å². The third-order valence-electron chi connectivity index (χ3n) is 2.88. The van der Waals surface area contributed by atoms with Crippen molar-refractivity contribution in [3.63, 3.8) is 0 Å². The van der Waals surface area contributed by atoms with Gasteiger partial charge in [0, 0.05) is 17.6 Å². The van der Waals surface area contributed by atoms with Gasteiger partial charge in [0.15, 0.2) is 0 Å². The number of fused-ring (bicyclic) bond motifs is 1. The molecule has 0 saturated heterocycles. The van der Waals surface area contributed by atoms with E-state index in [0.717, 1.165) is 6.42 Å². The van der Waals surface area contributed by atoms with Crippen LogP contribution in [0.5, 0.6) is 0 Å². The van der Waals surface area contributed by atoms with Gasteiger partial charge in [-0.25, -0.2) is 0 Å². The predicted molar refractivity (Wildman–Crippen MR) is 67.9 cm³/mol. The standard InChI is InChI=1S/C15H13N/c1-2-9-14(10-3-1)16-12-6-8-13-7-4-5-11-15(13)16/h1-7,9-12H,8H2. The zero-order valence-electron chi connectivity index (χ0n) is 9.01. The summed E-state index contributed by atoms with van der Waals surface area (Å²) in [5.74, 6) is 0. The van der Waals surface area contributed by atoms with Crippen molar-refractivity contribution in [3.05, 3.63) is 72.4 Å². The third kappa shape index (κ3) is 1.50. The molecule has 78 valence electrons. The molecule has 0 radical (unpaired) electrons. The molecule has 0 bridgehead atoms. The summed E-state index contributed by atoms with van der Waals surface area (Å²) in [5, 5.41) is 0. The van der Waals surface area contributed by atoms with Crippen molar-refractivity contribution in [2.24, 2.45) is 0 Å². The number of anilines is 2. The summed E-state index contributed by atoms with van der Waals surface area (Å²) < 4.78 is 0. The summed E-state index contributed by atoms with van der Waals surface area (Å²) in [7, 11) is 0. The minimum Gasteiger partial charge on any atom is -0.317 e. The van der Waals surface area contributed by atoms with Gasteiger partial charge in [0.25, 0.3) is 0 Å². The highest BCUT2D eigenvalue weighted by Crippen LogP contribution is 2.31. The molecule has 16 heavy (non-hydrogen) atoms. The maximum atomic E-state index is 2.23. The Bertz CT molecular complexity index is 514. The Morgan fingerprint density at radius 1 is 0.812 bits per heavy atom. The zero-order valence-corrected chi connectivity index (χ0v) is 9.01. The van der Waals surface area contributed by atoms with Crippen LogP contribution in [0.3, 0.4) is 0 Å². The first kappa shape index (κ1) is 9.22. The molecule has 0 saturated carbocycles. The summed E-state index contributed by atoms with van der Waals surface area (Å²) in [6.45, 7) is 0. The molecule has 1 aliphatic heterocycles. The average molecular weight is 207 g/mol. The third-order valence-corrected chi connectivity index (χ3v) is 2.88. The lowest BCUT2D eigenvalue weighted by atomic mass is 10.1. The fourth-order valence-electron chi connectivity index (χ4n) is 2.10.